The van der Waals surface area contributed by atoms with E-state index in [0.29, 0.717) is 24.0 Å². The first-order valence-electron chi connectivity index (χ1n) is 12.0. The van der Waals surface area contributed by atoms with Crippen molar-refractivity contribution in [3.05, 3.63) is 63.5 Å². The van der Waals surface area contributed by atoms with Gasteiger partial charge < -0.3 is 5.32 Å². The third-order valence-electron chi connectivity index (χ3n) is 5.86. The number of hydrogen-bond acceptors (Lipinski definition) is 5. The number of aromatic nitrogens is 2. The fourth-order valence-electron chi connectivity index (χ4n) is 4.20. The Morgan fingerprint density at radius 2 is 2.00 bits per heavy atom. The van der Waals surface area contributed by atoms with Crippen LogP contribution in [-0.4, -0.2) is 40.4 Å². The summed E-state index contributed by atoms with van der Waals surface area (Å²) in [6.07, 6.45) is 0. The van der Waals surface area contributed by atoms with Crippen LogP contribution in [0.1, 0.15) is 61.6 Å². The van der Waals surface area contributed by atoms with Gasteiger partial charge in [0.25, 0.3) is 0 Å². The van der Waals surface area contributed by atoms with E-state index >= 15 is 0 Å². The second-order valence-electron chi connectivity index (χ2n) is 10.5. The average Bonchev–Trinajstić information content (AvgIpc) is 3.42. The van der Waals surface area contributed by atoms with E-state index in [1.807, 2.05) is 35.9 Å². The summed E-state index contributed by atoms with van der Waals surface area (Å²) in [5.41, 5.74) is 3.70. The molecule has 1 aliphatic heterocycles. The Morgan fingerprint density at radius 1 is 1.23 bits per heavy atom. The van der Waals surface area contributed by atoms with Gasteiger partial charge in [0.1, 0.15) is 12.4 Å². The molecule has 6 nitrogen and oxygen atoms in total. The number of nitrogens with one attached hydrogen (secondary N) is 1. The molecular weight excluding hydrogens is 476 g/mol. The Balaban J connectivity index is 1.95. The SMILES string of the molecule is Cc1cccc(-n2nc(C(C)(C)C)c3c2N(CC(=O)NCC(C)C)C(=O)CSC3c2cccs2)c1. The average molecular weight is 511 g/mol. The highest BCUT2D eigenvalue weighted by Gasteiger charge is 2.40. The van der Waals surface area contributed by atoms with Gasteiger partial charge in [-0.1, -0.05) is 52.8 Å². The quantitative estimate of drug-likeness (QED) is 0.477. The Bertz CT molecular complexity index is 1210. The van der Waals surface area contributed by atoms with Gasteiger partial charge in [-0.3, -0.25) is 14.5 Å². The summed E-state index contributed by atoms with van der Waals surface area (Å²) in [7, 11) is 0. The number of aryl methyl sites for hydroxylation is 1. The molecule has 0 radical (unpaired) electrons. The van der Waals surface area contributed by atoms with Gasteiger partial charge in [0.15, 0.2) is 0 Å². The van der Waals surface area contributed by atoms with Crippen molar-refractivity contribution in [1.82, 2.24) is 15.1 Å². The van der Waals surface area contributed by atoms with E-state index in [1.165, 1.54) is 4.88 Å². The summed E-state index contributed by atoms with van der Waals surface area (Å²) < 4.78 is 1.88. The first kappa shape index (κ1) is 25.5. The number of carbonyl (C=O) groups is 2. The van der Waals surface area contributed by atoms with Crippen LogP contribution < -0.4 is 10.2 Å². The molecule has 1 unspecified atom stereocenters. The third-order valence-corrected chi connectivity index (χ3v) is 8.18. The molecule has 0 spiro atoms. The molecule has 3 heterocycles. The topological polar surface area (TPSA) is 67.2 Å². The van der Waals surface area contributed by atoms with E-state index in [2.05, 4.69) is 57.4 Å². The fourth-order valence-corrected chi connectivity index (χ4v) is 6.37. The Hall–Kier alpha value is -2.58. The maximum atomic E-state index is 13.6. The van der Waals surface area contributed by atoms with Gasteiger partial charge in [-0.15, -0.1) is 23.1 Å². The Labute approximate surface area is 216 Å². The molecule has 2 amide bonds. The van der Waals surface area contributed by atoms with Crippen molar-refractivity contribution >= 4 is 40.7 Å². The van der Waals surface area contributed by atoms with Crippen LogP contribution in [0.25, 0.3) is 5.69 Å². The molecule has 1 aliphatic rings. The van der Waals surface area contributed by atoms with Gasteiger partial charge >= 0.3 is 0 Å². The number of rotatable bonds is 6. The number of amides is 2. The molecule has 3 aromatic rings. The fraction of sp³-hybridized carbons (Fsp3) is 0.444. The lowest BCUT2D eigenvalue weighted by atomic mass is 9.88. The van der Waals surface area contributed by atoms with Crippen molar-refractivity contribution in [1.29, 1.82) is 0 Å². The molecule has 0 aliphatic carbocycles. The molecule has 0 bridgehead atoms. The van der Waals surface area contributed by atoms with Gasteiger partial charge in [-0.25, -0.2) is 4.68 Å². The van der Waals surface area contributed by atoms with Crippen molar-refractivity contribution in [3.63, 3.8) is 0 Å². The number of benzene rings is 1. The lowest BCUT2D eigenvalue weighted by molar-refractivity contribution is -0.123. The molecule has 0 saturated heterocycles. The Kier molecular flexibility index (Phi) is 7.43. The highest BCUT2D eigenvalue weighted by Crippen LogP contribution is 2.49. The predicted octanol–water partition coefficient (Wildman–Crippen LogP) is 5.48. The first-order valence-corrected chi connectivity index (χ1v) is 13.9. The van der Waals surface area contributed by atoms with E-state index in [9.17, 15) is 9.59 Å². The molecule has 4 rings (SSSR count). The van der Waals surface area contributed by atoms with E-state index in [-0.39, 0.29) is 29.0 Å². The number of nitrogens with zero attached hydrogens (tertiary/aromatic N) is 3. The predicted molar refractivity (Wildman–Crippen MR) is 146 cm³/mol. The minimum Gasteiger partial charge on any atom is -0.354 e. The zero-order chi connectivity index (χ0) is 25.3. The number of thiophene rings is 1. The Morgan fingerprint density at radius 3 is 2.63 bits per heavy atom. The van der Waals surface area contributed by atoms with Crippen molar-refractivity contribution in [3.8, 4) is 5.69 Å². The van der Waals surface area contributed by atoms with E-state index in [0.717, 1.165) is 22.5 Å². The summed E-state index contributed by atoms with van der Waals surface area (Å²) in [5.74, 6) is 1.09. The molecule has 0 fully saturated rings. The molecule has 8 heteroatoms. The summed E-state index contributed by atoms with van der Waals surface area (Å²) >= 11 is 3.31. The van der Waals surface area contributed by atoms with Crippen LogP contribution >= 0.6 is 23.1 Å². The van der Waals surface area contributed by atoms with Crippen molar-refractivity contribution in [2.24, 2.45) is 5.92 Å². The minimum atomic E-state index is -0.256. The van der Waals surface area contributed by atoms with Crippen LogP contribution in [0.4, 0.5) is 5.82 Å². The molecule has 1 N–H and O–H groups in total. The molecule has 2 aromatic heterocycles. The molecular formula is C27H34N4O2S2. The van der Waals surface area contributed by atoms with Gasteiger partial charge in [0.05, 0.1) is 22.4 Å². The van der Waals surface area contributed by atoms with Crippen LogP contribution in [-0.2, 0) is 15.0 Å². The van der Waals surface area contributed by atoms with Crippen molar-refractivity contribution < 1.29 is 9.59 Å². The van der Waals surface area contributed by atoms with E-state index in [4.69, 9.17) is 5.10 Å². The maximum absolute atomic E-state index is 13.6. The second-order valence-corrected chi connectivity index (χ2v) is 12.5. The lowest BCUT2D eigenvalue weighted by Gasteiger charge is -2.24. The highest BCUT2D eigenvalue weighted by atomic mass is 32.2. The van der Waals surface area contributed by atoms with Gasteiger partial charge in [0.2, 0.25) is 11.8 Å². The van der Waals surface area contributed by atoms with Crippen molar-refractivity contribution in [2.45, 2.75) is 52.2 Å². The van der Waals surface area contributed by atoms with E-state index < -0.39 is 0 Å². The van der Waals surface area contributed by atoms with Gasteiger partial charge in [-0.2, -0.15) is 5.10 Å². The monoisotopic (exact) mass is 510 g/mol. The molecule has 35 heavy (non-hydrogen) atoms. The summed E-state index contributed by atoms with van der Waals surface area (Å²) in [5, 5.41) is 10.1. The van der Waals surface area contributed by atoms with Gasteiger partial charge in [0, 0.05) is 22.4 Å². The summed E-state index contributed by atoms with van der Waals surface area (Å²) in [4.78, 5) is 29.4. The lowest BCUT2D eigenvalue weighted by Crippen LogP contribution is -2.43. The van der Waals surface area contributed by atoms with Crippen LogP contribution in [0.2, 0.25) is 0 Å². The number of hydrogen-bond donors (Lipinski definition) is 1. The molecule has 186 valence electrons. The molecule has 0 saturated carbocycles. The normalized spacial score (nSPS) is 16.4. The van der Waals surface area contributed by atoms with E-state index in [1.54, 1.807) is 28.0 Å². The van der Waals surface area contributed by atoms with Crippen LogP contribution in [0, 0.1) is 12.8 Å². The van der Waals surface area contributed by atoms with Crippen LogP contribution in [0.15, 0.2) is 41.8 Å². The summed E-state index contributed by atoms with van der Waals surface area (Å²) in [6.45, 7) is 13.2. The smallest absolute Gasteiger partial charge is 0.240 e. The number of fused-ring (bicyclic) bond motifs is 1. The molecule has 1 aromatic carbocycles. The largest absolute Gasteiger partial charge is 0.354 e. The standard InChI is InChI=1S/C27H34N4O2S2/c1-17(2)14-28-21(32)15-30-22(33)16-35-24(20-11-8-12-34-20)23-25(27(4,5)6)29-31(26(23)30)19-10-7-9-18(3)13-19/h7-13,17,24H,14-16H2,1-6H3,(H,28,32). The van der Waals surface area contributed by atoms with Gasteiger partial charge in [-0.05, 0) is 42.0 Å². The van der Waals surface area contributed by atoms with Crippen LogP contribution in [0.5, 0.6) is 0 Å². The number of anilines is 1. The second kappa shape index (κ2) is 10.2. The zero-order valence-electron chi connectivity index (χ0n) is 21.3. The first-order chi connectivity index (χ1) is 16.6. The number of thioether (sulfide) groups is 1. The molecule has 1 atom stereocenters. The minimum absolute atomic E-state index is 0.0304. The number of carbonyl (C=O) groups excluding carboxylic acids is 2. The van der Waals surface area contributed by atoms with Crippen molar-refractivity contribution in [2.75, 3.05) is 23.7 Å². The maximum Gasteiger partial charge on any atom is 0.240 e. The summed E-state index contributed by atoms with van der Waals surface area (Å²) in [6, 6.07) is 12.3. The third kappa shape index (κ3) is 5.48. The zero-order valence-corrected chi connectivity index (χ0v) is 22.9. The highest BCUT2D eigenvalue weighted by molar-refractivity contribution is 8.00. The van der Waals surface area contributed by atoms with Crippen LogP contribution in [0.3, 0.4) is 0 Å².